The van der Waals surface area contributed by atoms with E-state index in [4.69, 9.17) is 29.9 Å². The molecule has 9 aromatic heterocycles. The summed E-state index contributed by atoms with van der Waals surface area (Å²) >= 11 is 0. The Labute approximate surface area is 668 Å². The van der Waals surface area contributed by atoms with E-state index in [1.807, 2.05) is 42.9 Å². The zero-order valence-corrected chi connectivity index (χ0v) is 62.7. The summed E-state index contributed by atoms with van der Waals surface area (Å²) in [4.78, 5) is 44.2. The van der Waals surface area contributed by atoms with E-state index < -0.39 is 0 Å². The van der Waals surface area contributed by atoms with Gasteiger partial charge in [0.2, 0.25) is 0 Å². The number of fused-ring (bicyclic) bond motifs is 11. The maximum atomic E-state index is 5.10. The zero-order valence-electron chi connectivity index (χ0n) is 62.7. The van der Waals surface area contributed by atoms with Gasteiger partial charge < -0.3 is 0 Å². The molecule has 0 radical (unpaired) electrons. The Kier molecular flexibility index (Phi) is 17.4. The standard InChI is InChI=1S/2C37H23N3.C33H21N3/c1-2-10-30-24(6-1)7-3-11-31(30)28-15-13-25-17-19-33(39-35(25)22-28)29-16-14-26-18-20-34(40-36(26)23-29)32-12-4-8-27-9-5-21-38-37(27)32;1-2-6-28-21-29(13-10-24(28)5-1)30-14-11-25-16-18-33(39-35(25)22-30)31-15-12-26-17-19-34(40-36(26)23-31)32-9-3-7-27-8-4-20-38-37(27)32;1-2-6-22(7-3-1)26-13-11-23-15-17-29(35-31(23)20-26)27-14-12-24-16-18-30(36-32(24)21-27)28-10-4-8-25-9-5-19-34-33(25)28/h2*1-23H;1-21H. The monoisotopic (exact) mass is 1480 g/mol. The molecule has 0 spiro atoms. The summed E-state index contributed by atoms with van der Waals surface area (Å²) in [5, 5.41) is 15.0. The van der Waals surface area contributed by atoms with Crippen LogP contribution in [0.15, 0.2) is 407 Å². The summed E-state index contributed by atoms with van der Waals surface area (Å²) in [5.74, 6) is 0. The van der Waals surface area contributed by atoms with Gasteiger partial charge in [-0.1, -0.05) is 291 Å². The van der Waals surface area contributed by atoms with Crippen molar-refractivity contribution in [3.8, 4) is 101 Å². The van der Waals surface area contributed by atoms with Crippen molar-refractivity contribution in [3.05, 3.63) is 407 Å². The Morgan fingerprint density at radius 1 is 0.138 bits per heavy atom. The lowest BCUT2D eigenvalue weighted by atomic mass is 9.97. The number of pyridine rings is 9. The van der Waals surface area contributed by atoms with E-state index in [1.54, 1.807) is 0 Å². The molecule has 0 saturated heterocycles. The van der Waals surface area contributed by atoms with Gasteiger partial charge in [-0.05, 0) is 152 Å². The largest absolute Gasteiger partial charge is 0.256 e. The van der Waals surface area contributed by atoms with Gasteiger partial charge in [0.05, 0.1) is 83.8 Å². The quantitative estimate of drug-likeness (QED) is 0.139. The first-order valence-electron chi connectivity index (χ1n) is 38.9. The van der Waals surface area contributed by atoms with Crippen molar-refractivity contribution in [2.24, 2.45) is 0 Å². The van der Waals surface area contributed by atoms with Crippen molar-refractivity contribution in [1.82, 2.24) is 44.9 Å². The first-order valence-corrected chi connectivity index (χ1v) is 38.9. The Hall–Kier alpha value is -15.7. The van der Waals surface area contributed by atoms with E-state index in [1.165, 1.54) is 49.4 Å². The van der Waals surface area contributed by atoms with Crippen LogP contribution in [-0.2, 0) is 0 Å². The number of nitrogens with zero attached hydrogens (tertiary/aromatic N) is 9. The lowest BCUT2D eigenvalue weighted by molar-refractivity contribution is 1.36. The maximum absolute atomic E-state index is 5.10. The highest BCUT2D eigenvalue weighted by Gasteiger charge is 2.16. The van der Waals surface area contributed by atoms with Gasteiger partial charge in [0, 0.05) is 100 Å². The molecule has 9 heterocycles. The predicted molar refractivity (Wildman–Crippen MR) is 481 cm³/mol. The molecule has 0 unspecified atom stereocenters. The molecule has 9 nitrogen and oxygen atoms in total. The second kappa shape index (κ2) is 29.5. The van der Waals surface area contributed by atoms with Crippen LogP contribution in [-0.4, -0.2) is 44.9 Å². The molecule has 0 atom stereocenters. The van der Waals surface area contributed by atoms with Crippen molar-refractivity contribution in [2.75, 3.05) is 0 Å². The minimum absolute atomic E-state index is 0.917. The second-order valence-corrected chi connectivity index (χ2v) is 29.2. The topological polar surface area (TPSA) is 116 Å². The molecule has 0 aliphatic rings. The van der Waals surface area contributed by atoms with Crippen LogP contribution in [0.5, 0.6) is 0 Å². The molecule has 9 heteroatoms. The summed E-state index contributed by atoms with van der Waals surface area (Å²) < 4.78 is 0. The fourth-order valence-electron chi connectivity index (χ4n) is 16.0. The second-order valence-electron chi connectivity index (χ2n) is 29.2. The molecule has 540 valence electrons. The van der Waals surface area contributed by atoms with E-state index in [9.17, 15) is 0 Å². The third kappa shape index (κ3) is 13.3. The van der Waals surface area contributed by atoms with Gasteiger partial charge in [-0.3, -0.25) is 15.0 Å². The van der Waals surface area contributed by atoms with Gasteiger partial charge >= 0.3 is 0 Å². The molecule has 0 aliphatic heterocycles. The minimum Gasteiger partial charge on any atom is -0.256 e. The molecule has 0 aliphatic carbocycles. The van der Waals surface area contributed by atoms with Gasteiger partial charge in [-0.25, -0.2) is 29.9 Å². The lowest BCUT2D eigenvalue weighted by Gasteiger charge is -2.10. The minimum atomic E-state index is 0.917. The summed E-state index contributed by atoms with van der Waals surface area (Å²) in [6, 6.07) is 135. The SMILES string of the molecule is c1ccc(-c2ccc3ccc(-c4ccc5ccc(-c6cccc7cccnc67)nc5c4)nc3c2)cc1.c1ccc2c(-c3ccc4ccc(-c5ccc6ccc(-c7cccc8cccnc78)nc6c5)nc4c3)cccc2c1.c1ccc2cc(-c3ccc4ccc(-c5ccc6ccc(-c7cccc8cccnc78)nc6c5)nc4c3)ccc2c1. The molecule has 0 amide bonds. The van der Waals surface area contributed by atoms with Crippen LogP contribution in [0.1, 0.15) is 0 Å². The fraction of sp³-hybridized carbons (Fsp3) is 0. The average Bonchev–Trinajstić information content (AvgIpc) is 0.778. The normalized spacial score (nSPS) is 11.4. The molecule has 0 fully saturated rings. The molecule has 23 rings (SSSR count). The zero-order chi connectivity index (χ0) is 76.8. The van der Waals surface area contributed by atoms with Crippen LogP contribution >= 0.6 is 0 Å². The average molecular weight is 1480 g/mol. The van der Waals surface area contributed by atoms with Gasteiger partial charge in [0.15, 0.2) is 0 Å². The Morgan fingerprint density at radius 3 is 0.845 bits per heavy atom. The number of para-hydroxylation sites is 3. The molecule has 0 N–H and O–H groups in total. The van der Waals surface area contributed by atoms with Crippen molar-refractivity contribution < 1.29 is 0 Å². The highest BCUT2D eigenvalue weighted by atomic mass is 14.8. The predicted octanol–water partition coefficient (Wildman–Crippen LogP) is 27.3. The van der Waals surface area contributed by atoms with Gasteiger partial charge in [-0.2, -0.15) is 0 Å². The van der Waals surface area contributed by atoms with Crippen LogP contribution in [0, 0.1) is 0 Å². The van der Waals surface area contributed by atoms with Gasteiger partial charge in [0.25, 0.3) is 0 Å². The summed E-state index contributed by atoms with van der Waals surface area (Å²) in [7, 11) is 0. The third-order valence-corrected chi connectivity index (χ3v) is 22.1. The van der Waals surface area contributed by atoms with Crippen LogP contribution in [0.25, 0.3) is 221 Å². The van der Waals surface area contributed by atoms with Crippen molar-refractivity contribution in [2.45, 2.75) is 0 Å². The Bertz CT molecular complexity index is 7630. The van der Waals surface area contributed by atoms with E-state index in [2.05, 4.69) is 379 Å². The maximum Gasteiger partial charge on any atom is 0.0795 e. The van der Waals surface area contributed by atoms with E-state index >= 15 is 0 Å². The van der Waals surface area contributed by atoms with E-state index in [0.717, 1.165) is 171 Å². The highest BCUT2D eigenvalue weighted by molar-refractivity contribution is 6.02. The Balaban J connectivity index is 0.000000109. The summed E-state index contributed by atoms with van der Waals surface area (Å²) in [6.07, 6.45) is 5.50. The van der Waals surface area contributed by atoms with Crippen molar-refractivity contribution in [1.29, 1.82) is 0 Å². The molecule has 23 aromatic rings. The molecule has 116 heavy (non-hydrogen) atoms. The Morgan fingerprint density at radius 2 is 0.414 bits per heavy atom. The molecule has 0 bridgehead atoms. The van der Waals surface area contributed by atoms with Crippen molar-refractivity contribution in [3.63, 3.8) is 0 Å². The first kappa shape index (κ1) is 68.3. The van der Waals surface area contributed by atoms with Crippen LogP contribution in [0.2, 0.25) is 0 Å². The molecular weight excluding hydrogens is 1410 g/mol. The molecule has 14 aromatic carbocycles. The number of aromatic nitrogens is 9. The smallest absolute Gasteiger partial charge is 0.0795 e. The van der Waals surface area contributed by atoms with E-state index in [-0.39, 0.29) is 0 Å². The van der Waals surface area contributed by atoms with Gasteiger partial charge in [0.1, 0.15) is 0 Å². The fourth-order valence-corrected chi connectivity index (χ4v) is 16.0. The first-order chi connectivity index (χ1) is 57.4. The van der Waals surface area contributed by atoms with E-state index in [0.29, 0.717) is 0 Å². The number of benzene rings is 14. The summed E-state index contributed by atoms with van der Waals surface area (Å²) in [6.45, 7) is 0. The van der Waals surface area contributed by atoms with Crippen LogP contribution < -0.4 is 0 Å². The molecule has 0 saturated carbocycles. The highest BCUT2D eigenvalue weighted by Crippen LogP contribution is 2.38. The van der Waals surface area contributed by atoms with Crippen LogP contribution in [0.4, 0.5) is 0 Å². The number of rotatable bonds is 9. The van der Waals surface area contributed by atoms with Gasteiger partial charge in [-0.15, -0.1) is 0 Å². The van der Waals surface area contributed by atoms with Crippen molar-refractivity contribution >= 4 is 120 Å². The number of hydrogen-bond donors (Lipinski definition) is 0. The van der Waals surface area contributed by atoms with Crippen LogP contribution in [0.3, 0.4) is 0 Å². The number of hydrogen-bond acceptors (Lipinski definition) is 9. The third-order valence-electron chi connectivity index (χ3n) is 22.1. The lowest BCUT2D eigenvalue weighted by Crippen LogP contribution is -1.90. The summed E-state index contributed by atoms with van der Waals surface area (Å²) in [5.41, 5.74) is 27.6. The molecular formula is C107H67N9.